The minimum atomic E-state index is -0.455. The molecule has 3 aromatic rings. The number of pyridine rings is 1. The highest BCUT2D eigenvalue weighted by Gasteiger charge is 2.20. The van der Waals surface area contributed by atoms with Crippen LogP contribution in [0.1, 0.15) is 42.6 Å². The maximum absolute atomic E-state index is 12.3. The Hall–Kier alpha value is -3.72. The fourth-order valence-corrected chi connectivity index (χ4v) is 2.52. The number of carbonyl (C=O) groups excluding carboxylic acids is 2. The van der Waals surface area contributed by atoms with Crippen LogP contribution >= 0.6 is 0 Å². The summed E-state index contributed by atoms with van der Waals surface area (Å²) in [6, 6.07) is 11.3. The Morgan fingerprint density at radius 1 is 1.00 bits per heavy atom. The minimum absolute atomic E-state index is 0.204. The van der Waals surface area contributed by atoms with E-state index in [0.29, 0.717) is 29.5 Å². The Labute approximate surface area is 174 Å². The molecule has 9 heteroatoms. The summed E-state index contributed by atoms with van der Waals surface area (Å²) in [5, 5.41) is 11.9. The zero-order chi connectivity index (χ0) is 21.7. The molecule has 2 heterocycles. The molecule has 0 saturated carbocycles. The van der Waals surface area contributed by atoms with E-state index in [0.717, 1.165) is 5.56 Å². The van der Waals surface area contributed by atoms with Gasteiger partial charge in [0, 0.05) is 35.6 Å². The summed E-state index contributed by atoms with van der Waals surface area (Å²) in [6.07, 6.45) is 1.54. The molecule has 156 valence electrons. The lowest BCUT2D eigenvalue weighted by Crippen LogP contribution is -2.19. The molecule has 0 radical (unpaired) electrons. The summed E-state index contributed by atoms with van der Waals surface area (Å²) in [5.41, 5.74) is 7.60. The Morgan fingerprint density at radius 3 is 2.27 bits per heavy atom. The predicted octanol–water partition coefficient (Wildman–Crippen LogP) is 3.72. The SMILES string of the molecule is CC(C)(C)c1cc(NC(=O)Nc2ccc(NC(=O)c3cc(CN)ccn3)cc2)no1. The molecule has 0 aliphatic heterocycles. The van der Waals surface area contributed by atoms with Gasteiger partial charge < -0.3 is 20.9 Å². The number of hydrogen-bond donors (Lipinski definition) is 4. The number of nitrogens with two attached hydrogens (primary N) is 1. The monoisotopic (exact) mass is 408 g/mol. The summed E-state index contributed by atoms with van der Waals surface area (Å²) in [6.45, 7) is 6.30. The van der Waals surface area contributed by atoms with E-state index in [2.05, 4.69) is 26.1 Å². The third-order valence-electron chi connectivity index (χ3n) is 4.18. The molecule has 0 spiro atoms. The van der Waals surface area contributed by atoms with Crippen molar-refractivity contribution in [2.75, 3.05) is 16.0 Å². The smallest absolute Gasteiger partial charge is 0.324 e. The average molecular weight is 408 g/mol. The molecule has 0 aliphatic rings. The number of benzene rings is 1. The van der Waals surface area contributed by atoms with Crippen LogP contribution in [0.4, 0.5) is 22.0 Å². The summed E-state index contributed by atoms with van der Waals surface area (Å²) in [4.78, 5) is 28.5. The second kappa shape index (κ2) is 8.75. The number of nitrogens with one attached hydrogen (secondary N) is 3. The lowest BCUT2D eigenvalue weighted by atomic mass is 9.93. The van der Waals surface area contributed by atoms with Gasteiger partial charge >= 0.3 is 6.03 Å². The molecule has 3 amide bonds. The van der Waals surface area contributed by atoms with Gasteiger partial charge in [-0.3, -0.25) is 15.1 Å². The first-order chi connectivity index (χ1) is 14.2. The third kappa shape index (κ3) is 5.42. The zero-order valence-corrected chi connectivity index (χ0v) is 17.0. The molecule has 9 nitrogen and oxygen atoms in total. The number of amides is 3. The Balaban J connectivity index is 1.56. The summed E-state index contributed by atoms with van der Waals surface area (Å²) in [7, 11) is 0. The van der Waals surface area contributed by atoms with Crippen LogP contribution in [-0.2, 0) is 12.0 Å². The van der Waals surface area contributed by atoms with E-state index < -0.39 is 6.03 Å². The lowest BCUT2D eigenvalue weighted by Gasteiger charge is -2.12. The second-order valence-electron chi connectivity index (χ2n) is 7.69. The molecule has 3 rings (SSSR count). The van der Waals surface area contributed by atoms with Gasteiger partial charge in [-0.15, -0.1) is 0 Å². The van der Waals surface area contributed by atoms with Gasteiger partial charge in [-0.05, 0) is 42.0 Å². The van der Waals surface area contributed by atoms with Crippen molar-refractivity contribution in [1.82, 2.24) is 10.1 Å². The fourth-order valence-electron chi connectivity index (χ4n) is 2.52. The number of rotatable bonds is 5. The molecular formula is C21H24N6O3. The van der Waals surface area contributed by atoms with Gasteiger partial charge in [-0.25, -0.2) is 4.79 Å². The molecular weight excluding hydrogens is 384 g/mol. The minimum Gasteiger partial charge on any atom is -0.359 e. The van der Waals surface area contributed by atoms with Gasteiger partial charge in [0.25, 0.3) is 5.91 Å². The molecule has 0 bridgehead atoms. The molecule has 0 unspecified atom stereocenters. The molecule has 0 atom stereocenters. The Kier molecular flexibility index (Phi) is 6.12. The number of urea groups is 1. The van der Waals surface area contributed by atoms with Crippen LogP contribution in [0.5, 0.6) is 0 Å². The summed E-state index contributed by atoms with van der Waals surface area (Å²) in [5.74, 6) is 0.655. The van der Waals surface area contributed by atoms with Gasteiger partial charge in [-0.2, -0.15) is 0 Å². The van der Waals surface area contributed by atoms with Crippen LogP contribution in [-0.4, -0.2) is 22.1 Å². The van der Waals surface area contributed by atoms with Crippen molar-refractivity contribution in [3.05, 3.63) is 65.7 Å². The topological polar surface area (TPSA) is 135 Å². The van der Waals surface area contributed by atoms with Crippen LogP contribution < -0.4 is 21.7 Å². The van der Waals surface area contributed by atoms with E-state index in [1.165, 1.54) is 0 Å². The highest BCUT2D eigenvalue weighted by Crippen LogP contribution is 2.24. The van der Waals surface area contributed by atoms with E-state index in [1.807, 2.05) is 20.8 Å². The maximum atomic E-state index is 12.3. The number of carbonyl (C=O) groups is 2. The van der Waals surface area contributed by atoms with Crippen LogP contribution in [0, 0.1) is 0 Å². The van der Waals surface area contributed by atoms with Crippen molar-refractivity contribution in [1.29, 1.82) is 0 Å². The first-order valence-electron chi connectivity index (χ1n) is 9.36. The highest BCUT2D eigenvalue weighted by atomic mass is 16.5. The molecule has 2 aromatic heterocycles. The van der Waals surface area contributed by atoms with Gasteiger partial charge in [0.2, 0.25) is 0 Å². The van der Waals surface area contributed by atoms with E-state index in [9.17, 15) is 9.59 Å². The van der Waals surface area contributed by atoms with Gasteiger partial charge in [0.05, 0.1) is 0 Å². The summed E-state index contributed by atoms with van der Waals surface area (Å²) >= 11 is 0. The Morgan fingerprint density at radius 2 is 1.67 bits per heavy atom. The Bertz CT molecular complexity index is 1040. The van der Waals surface area contributed by atoms with Crippen molar-refractivity contribution in [3.8, 4) is 0 Å². The first-order valence-corrected chi connectivity index (χ1v) is 9.36. The maximum Gasteiger partial charge on any atom is 0.324 e. The van der Waals surface area contributed by atoms with Gasteiger partial charge in [0.1, 0.15) is 11.5 Å². The molecule has 5 N–H and O–H groups in total. The van der Waals surface area contributed by atoms with Crippen molar-refractivity contribution in [2.45, 2.75) is 32.7 Å². The molecule has 0 saturated heterocycles. The molecule has 0 aliphatic carbocycles. The van der Waals surface area contributed by atoms with Crippen molar-refractivity contribution < 1.29 is 14.1 Å². The van der Waals surface area contributed by atoms with Crippen molar-refractivity contribution >= 4 is 29.1 Å². The molecule has 0 fully saturated rings. The zero-order valence-electron chi connectivity index (χ0n) is 17.0. The standard InChI is InChI=1S/C21H24N6O3/c1-21(2,3)17-11-18(27-30-17)26-20(29)25-15-6-4-14(5-7-15)24-19(28)16-10-13(12-22)8-9-23-16/h4-11H,12,22H2,1-3H3,(H,24,28)(H2,25,26,27,29). The molecule has 1 aromatic carbocycles. The fraction of sp³-hybridized carbons (Fsp3) is 0.238. The number of nitrogens with zero attached hydrogens (tertiary/aromatic N) is 2. The van der Waals surface area contributed by atoms with Gasteiger partial charge in [0.15, 0.2) is 5.82 Å². The second-order valence-corrected chi connectivity index (χ2v) is 7.69. The third-order valence-corrected chi connectivity index (χ3v) is 4.18. The number of anilines is 3. The predicted molar refractivity (Wildman–Crippen MR) is 114 cm³/mol. The lowest BCUT2D eigenvalue weighted by molar-refractivity contribution is 0.102. The van der Waals surface area contributed by atoms with Gasteiger partial charge in [-0.1, -0.05) is 25.9 Å². The van der Waals surface area contributed by atoms with Crippen LogP contribution in [0.15, 0.2) is 53.2 Å². The van der Waals surface area contributed by atoms with Crippen molar-refractivity contribution in [3.63, 3.8) is 0 Å². The van der Waals surface area contributed by atoms with E-state index in [-0.39, 0.29) is 17.0 Å². The van der Waals surface area contributed by atoms with Crippen molar-refractivity contribution in [2.24, 2.45) is 5.73 Å². The number of hydrogen-bond acceptors (Lipinski definition) is 6. The van der Waals surface area contributed by atoms with E-state index >= 15 is 0 Å². The highest BCUT2D eigenvalue weighted by molar-refractivity contribution is 6.03. The quantitative estimate of drug-likeness (QED) is 0.508. The van der Waals surface area contributed by atoms with Crippen LogP contribution in [0.3, 0.4) is 0 Å². The normalized spacial score (nSPS) is 11.1. The summed E-state index contributed by atoms with van der Waals surface area (Å²) < 4.78 is 5.24. The molecule has 30 heavy (non-hydrogen) atoms. The van der Waals surface area contributed by atoms with Crippen LogP contribution in [0.25, 0.3) is 0 Å². The van der Waals surface area contributed by atoms with Crippen LogP contribution in [0.2, 0.25) is 0 Å². The largest absolute Gasteiger partial charge is 0.359 e. The number of aromatic nitrogens is 2. The first kappa shape index (κ1) is 21.0. The van der Waals surface area contributed by atoms with E-state index in [1.54, 1.807) is 48.7 Å². The van der Waals surface area contributed by atoms with E-state index in [4.69, 9.17) is 10.3 Å². The average Bonchev–Trinajstić information content (AvgIpc) is 3.18.